The highest BCUT2D eigenvalue weighted by Gasteiger charge is 2.15. The van der Waals surface area contributed by atoms with Crippen LogP contribution in [0.25, 0.3) is 0 Å². The summed E-state index contributed by atoms with van der Waals surface area (Å²) in [6, 6.07) is 8.16. The smallest absolute Gasteiger partial charge is 0.240 e. The van der Waals surface area contributed by atoms with Crippen LogP contribution < -0.4 is 15.8 Å². The second kappa shape index (κ2) is 8.97. The van der Waals surface area contributed by atoms with E-state index in [9.17, 15) is 8.42 Å². The molecule has 1 saturated heterocycles. The van der Waals surface area contributed by atoms with Crippen molar-refractivity contribution in [3.8, 4) is 6.07 Å². The van der Waals surface area contributed by atoms with Crippen molar-refractivity contribution in [3.05, 3.63) is 36.0 Å². The van der Waals surface area contributed by atoms with Crippen molar-refractivity contribution in [1.29, 1.82) is 5.26 Å². The lowest BCUT2D eigenvalue weighted by Crippen LogP contribution is -2.37. The molecule has 1 aliphatic heterocycles. The molecule has 0 unspecified atom stereocenters. The first-order chi connectivity index (χ1) is 13.5. The minimum atomic E-state index is -3.56. The molecule has 0 spiro atoms. The van der Waals surface area contributed by atoms with Gasteiger partial charge >= 0.3 is 0 Å². The monoisotopic (exact) mass is 401 g/mol. The average Bonchev–Trinajstić information content (AvgIpc) is 2.69. The predicted octanol–water partition coefficient (Wildman–Crippen LogP) is 1.44. The van der Waals surface area contributed by atoms with Gasteiger partial charge in [0, 0.05) is 18.8 Å². The van der Waals surface area contributed by atoms with E-state index in [1.165, 1.54) is 37.6 Å². The van der Waals surface area contributed by atoms with Gasteiger partial charge in [-0.1, -0.05) is 6.42 Å². The van der Waals surface area contributed by atoms with E-state index < -0.39 is 10.0 Å². The fourth-order valence-corrected chi connectivity index (χ4v) is 4.01. The summed E-state index contributed by atoms with van der Waals surface area (Å²) < 4.78 is 27.5. The van der Waals surface area contributed by atoms with Crippen molar-refractivity contribution in [2.75, 3.05) is 37.2 Å². The molecule has 28 heavy (non-hydrogen) atoms. The molecule has 3 rings (SSSR count). The second-order valence-electron chi connectivity index (χ2n) is 6.55. The molecule has 148 valence electrons. The van der Waals surface area contributed by atoms with Gasteiger partial charge in [-0.2, -0.15) is 10.2 Å². The van der Waals surface area contributed by atoms with Gasteiger partial charge in [0.25, 0.3) is 0 Å². The highest BCUT2D eigenvalue weighted by Crippen LogP contribution is 2.18. The molecule has 10 heteroatoms. The lowest BCUT2D eigenvalue weighted by Gasteiger charge is -2.26. The quantitative estimate of drug-likeness (QED) is 0.634. The number of sulfonamides is 1. The van der Waals surface area contributed by atoms with Gasteiger partial charge in [-0.25, -0.2) is 18.1 Å². The number of benzene rings is 1. The number of nitrogens with zero attached hydrogens (tertiary/aromatic N) is 4. The van der Waals surface area contributed by atoms with Crippen LogP contribution in [0.1, 0.15) is 24.8 Å². The molecule has 0 saturated carbocycles. The summed E-state index contributed by atoms with van der Waals surface area (Å²) in [7, 11) is -3.56. The van der Waals surface area contributed by atoms with Crippen LogP contribution in [0, 0.1) is 11.3 Å². The first-order valence-electron chi connectivity index (χ1n) is 9.10. The number of hydrogen-bond donors (Lipinski definition) is 3. The number of piperidine rings is 1. The Balaban J connectivity index is 1.58. The van der Waals surface area contributed by atoms with Crippen LogP contribution in [-0.4, -0.2) is 49.5 Å². The minimum absolute atomic E-state index is 0.0807. The SMILES string of the molecule is N#Cc1cnc(Nc2ccc(S(=O)(=O)NCCN3CCCCC3)cc2)nc1N. The van der Waals surface area contributed by atoms with Crippen LogP contribution in [-0.2, 0) is 10.0 Å². The maximum Gasteiger partial charge on any atom is 0.240 e. The molecule has 2 aromatic rings. The summed E-state index contributed by atoms with van der Waals surface area (Å²) in [4.78, 5) is 10.5. The number of aromatic nitrogens is 2. The van der Waals surface area contributed by atoms with E-state index in [2.05, 4.69) is 24.9 Å². The molecule has 2 heterocycles. The normalized spacial score (nSPS) is 15.1. The maximum atomic E-state index is 12.4. The maximum absolute atomic E-state index is 12.4. The highest BCUT2D eigenvalue weighted by atomic mass is 32.2. The fourth-order valence-electron chi connectivity index (χ4n) is 2.99. The van der Waals surface area contributed by atoms with E-state index in [1.807, 2.05) is 6.07 Å². The number of nitriles is 1. The van der Waals surface area contributed by atoms with Crippen LogP contribution >= 0.6 is 0 Å². The molecule has 0 amide bonds. The van der Waals surface area contributed by atoms with Gasteiger partial charge in [0.1, 0.15) is 17.5 Å². The van der Waals surface area contributed by atoms with Crippen molar-refractivity contribution in [2.45, 2.75) is 24.2 Å². The average molecular weight is 401 g/mol. The molecule has 9 nitrogen and oxygen atoms in total. The van der Waals surface area contributed by atoms with Crippen LogP contribution in [0.2, 0.25) is 0 Å². The van der Waals surface area contributed by atoms with Gasteiger partial charge in [0.2, 0.25) is 16.0 Å². The molecular weight excluding hydrogens is 378 g/mol. The van der Waals surface area contributed by atoms with Gasteiger partial charge in [-0.15, -0.1) is 0 Å². The molecule has 0 aliphatic carbocycles. The van der Waals surface area contributed by atoms with Gasteiger partial charge in [-0.05, 0) is 50.2 Å². The van der Waals surface area contributed by atoms with Gasteiger partial charge in [0.15, 0.2) is 0 Å². The lowest BCUT2D eigenvalue weighted by atomic mass is 10.1. The Hall–Kier alpha value is -2.74. The summed E-state index contributed by atoms with van der Waals surface area (Å²) in [5.74, 6) is 0.309. The Morgan fingerprint density at radius 1 is 1.18 bits per heavy atom. The summed E-state index contributed by atoms with van der Waals surface area (Å²) >= 11 is 0. The molecular formula is C18H23N7O2S. The van der Waals surface area contributed by atoms with E-state index >= 15 is 0 Å². The molecule has 1 fully saturated rings. The molecule has 0 bridgehead atoms. The largest absolute Gasteiger partial charge is 0.382 e. The van der Waals surface area contributed by atoms with E-state index in [-0.39, 0.29) is 22.2 Å². The molecule has 1 aromatic heterocycles. The van der Waals surface area contributed by atoms with Gasteiger partial charge in [-0.3, -0.25) is 0 Å². The third-order valence-electron chi connectivity index (χ3n) is 4.53. The summed E-state index contributed by atoms with van der Waals surface area (Å²) in [5, 5.41) is 11.8. The molecule has 0 radical (unpaired) electrons. The van der Waals surface area contributed by atoms with E-state index in [1.54, 1.807) is 12.1 Å². The summed E-state index contributed by atoms with van der Waals surface area (Å²) in [6.45, 7) is 3.17. The zero-order valence-electron chi connectivity index (χ0n) is 15.4. The fraction of sp³-hybridized carbons (Fsp3) is 0.389. The molecule has 1 aliphatic rings. The summed E-state index contributed by atoms with van der Waals surface area (Å²) in [5.41, 5.74) is 6.47. The first kappa shape index (κ1) is 20.0. The Morgan fingerprint density at radius 3 is 2.54 bits per heavy atom. The number of anilines is 3. The standard InChI is InChI=1S/C18H23N7O2S/c19-12-14-13-21-18(24-17(14)20)23-15-4-6-16(7-5-15)28(26,27)22-8-11-25-9-2-1-3-10-25/h4-7,13,22H,1-3,8-11H2,(H3,20,21,23,24). The van der Waals surface area contributed by atoms with Crippen molar-refractivity contribution in [3.63, 3.8) is 0 Å². The van der Waals surface area contributed by atoms with Gasteiger partial charge < -0.3 is 16.0 Å². The van der Waals surface area contributed by atoms with Crippen molar-refractivity contribution in [1.82, 2.24) is 19.6 Å². The minimum Gasteiger partial charge on any atom is -0.382 e. The third-order valence-corrected chi connectivity index (χ3v) is 6.01. The second-order valence-corrected chi connectivity index (χ2v) is 8.32. The lowest BCUT2D eigenvalue weighted by molar-refractivity contribution is 0.233. The molecule has 1 aromatic carbocycles. The van der Waals surface area contributed by atoms with Crippen molar-refractivity contribution < 1.29 is 8.42 Å². The Bertz CT molecular complexity index is 949. The van der Waals surface area contributed by atoms with E-state index in [4.69, 9.17) is 11.0 Å². The van der Waals surface area contributed by atoms with Crippen LogP contribution in [0.3, 0.4) is 0 Å². The van der Waals surface area contributed by atoms with Crippen LogP contribution in [0.15, 0.2) is 35.4 Å². The zero-order chi connectivity index (χ0) is 20.0. The topological polar surface area (TPSA) is 137 Å². The van der Waals surface area contributed by atoms with E-state index in [0.717, 1.165) is 19.6 Å². The molecule has 4 N–H and O–H groups in total. The van der Waals surface area contributed by atoms with Crippen molar-refractivity contribution in [2.24, 2.45) is 0 Å². The number of nitrogen functional groups attached to an aromatic ring is 1. The molecule has 0 atom stereocenters. The highest BCUT2D eigenvalue weighted by molar-refractivity contribution is 7.89. The Kier molecular flexibility index (Phi) is 6.41. The number of hydrogen-bond acceptors (Lipinski definition) is 8. The van der Waals surface area contributed by atoms with E-state index in [0.29, 0.717) is 12.2 Å². The van der Waals surface area contributed by atoms with Crippen LogP contribution in [0.4, 0.5) is 17.5 Å². The Labute approximate surface area is 164 Å². The number of nitrogens with two attached hydrogens (primary N) is 1. The number of nitrogens with one attached hydrogen (secondary N) is 2. The zero-order valence-corrected chi connectivity index (χ0v) is 16.2. The third kappa shape index (κ3) is 5.16. The summed E-state index contributed by atoms with van der Waals surface area (Å²) in [6.07, 6.45) is 4.93. The first-order valence-corrected chi connectivity index (χ1v) is 10.6. The van der Waals surface area contributed by atoms with Crippen molar-refractivity contribution >= 4 is 27.5 Å². The van der Waals surface area contributed by atoms with Gasteiger partial charge in [0.05, 0.1) is 11.1 Å². The number of likely N-dealkylation sites (tertiary alicyclic amines) is 1. The van der Waals surface area contributed by atoms with Crippen LogP contribution in [0.5, 0.6) is 0 Å². The predicted molar refractivity (Wildman–Crippen MR) is 106 cm³/mol. The number of rotatable bonds is 7. The Morgan fingerprint density at radius 2 is 1.89 bits per heavy atom.